The molecule has 0 saturated heterocycles. The number of hydrogen-bond acceptors (Lipinski definition) is 0. The van der Waals surface area contributed by atoms with Crippen molar-refractivity contribution in [2.24, 2.45) is 43.3 Å². The van der Waals surface area contributed by atoms with E-state index >= 15 is 0 Å². The summed E-state index contributed by atoms with van der Waals surface area (Å²) < 4.78 is 0. The van der Waals surface area contributed by atoms with Gasteiger partial charge < -0.3 is 0 Å². The van der Waals surface area contributed by atoms with E-state index in [4.69, 9.17) is 6.58 Å². The second-order valence-corrected chi connectivity index (χ2v) is 22.0. The van der Waals surface area contributed by atoms with E-state index in [9.17, 15) is 0 Å². The lowest BCUT2D eigenvalue weighted by molar-refractivity contribution is 0.362. The fourth-order valence-electron chi connectivity index (χ4n) is 7.70. The normalized spacial score (nSPS) is 15.8. The molecule has 0 atom stereocenters. The Morgan fingerprint density at radius 2 is 0.413 bits per heavy atom. The van der Waals surface area contributed by atoms with Crippen LogP contribution in [0.4, 0.5) is 0 Å². The number of allylic oxidation sites excluding steroid dienone is 5. The molecule has 1 saturated carbocycles. The van der Waals surface area contributed by atoms with Gasteiger partial charge in [0.05, 0.1) is 0 Å². The van der Waals surface area contributed by atoms with E-state index in [1.54, 1.807) is 0 Å². The van der Waals surface area contributed by atoms with Crippen LogP contribution in [0.3, 0.4) is 0 Å². The first-order valence-corrected chi connectivity index (χ1v) is 17.6. The summed E-state index contributed by atoms with van der Waals surface area (Å²) >= 11 is 0. The molecule has 0 bridgehead atoms. The lowest BCUT2D eigenvalue weighted by Gasteiger charge is -2.33. The monoisotopic (exact) mass is 627 g/mol. The first kappa shape index (κ1) is 41.8. The molecule has 0 aromatic rings. The highest BCUT2D eigenvalue weighted by Gasteiger charge is 2.37. The van der Waals surface area contributed by atoms with E-state index in [1.165, 1.54) is 22.3 Å². The number of rotatable bonds is 0. The molecule has 258 valence electrons. The molecular weight excluding hydrogens is 553 g/mol. The van der Waals surface area contributed by atoms with Crippen LogP contribution < -0.4 is 0 Å². The lowest BCUT2D eigenvalue weighted by atomic mass is 9.71. The standard InChI is InChI=1S/C46H74/c1-30-31(26-35(39(2,3)4)40(5,6)7)33(28-37(43(14,15)16)44(17,18)19)34(29-38(45(20,21)22)46(23,24)25)32(30)27-36(41(8,9)10)42(11,12)13/h1H2,2-25H3. The van der Waals surface area contributed by atoms with Gasteiger partial charge in [0, 0.05) is 22.3 Å². The molecule has 1 aliphatic carbocycles. The highest BCUT2D eigenvalue weighted by Crippen LogP contribution is 2.50. The second-order valence-electron chi connectivity index (χ2n) is 22.0. The molecule has 1 aliphatic rings. The Balaban J connectivity index is 5.38. The average Bonchev–Trinajstić information content (AvgIpc) is 2.95. The topological polar surface area (TPSA) is 0 Å². The molecule has 1 rings (SSSR count). The largest absolute Gasteiger partial charge is 0.111 e. The predicted octanol–water partition coefficient (Wildman–Crippen LogP) is 14.7. The van der Waals surface area contributed by atoms with Gasteiger partial charge >= 0.3 is 0 Å². The molecule has 0 heteroatoms. The number of hydrogen-bond donors (Lipinski definition) is 0. The van der Waals surface area contributed by atoms with Crippen LogP contribution in [0.1, 0.15) is 166 Å². The van der Waals surface area contributed by atoms with Crippen molar-refractivity contribution in [1.29, 1.82) is 0 Å². The third-order valence-corrected chi connectivity index (χ3v) is 8.35. The van der Waals surface area contributed by atoms with Crippen molar-refractivity contribution in [1.82, 2.24) is 0 Å². The third-order valence-electron chi connectivity index (χ3n) is 8.35. The van der Waals surface area contributed by atoms with Crippen molar-refractivity contribution >= 4 is 0 Å². The van der Waals surface area contributed by atoms with Crippen molar-refractivity contribution in [3.63, 3.8) is 0 Å². The van der Waals surface area contributed by atoms with Crippen LogP contribution in [0.5, 0.6) is 0 Å². The van der Waals surface area contributed by atoms with Crippen molar-refractivity contribution < 1.29 is 0 Å². The van der Waals surface area contributed by atoms with E-state index in [1.807, 2.05) is 0 Å². The highest BCUT2D eigenvalue weighted by molar-refractivity contribution is 5.78. The maximum absolute atomic E-state index is 4.85. The SMILES string of the molecule is C=C1C(=C=C(C(C)(C)C)C(C)(C)C)C(=C=C(C(C)(C)C)C(C)(C)C)C(=C=C(C(C)(C)C)C(C)(C)C)C1=C=C(C(C)(C)C)C(C)(C)C. The van der Waals surface area contributed by atoms with Crippen LogP contribution in [0, 0.1) is 43.3 Å². The van der Waals surface area contributed by atoms with Gasteiger partial charge in [0.25, 0.3) is 0 Å². The van der Waals surface area contributed by atoms with Gasteiger partial charge in [-0.1, -0.05) is 173 Å². The molecule has 0 radical (unpaired) electrons. The summed E-state index contributed by atoms with van der Waals surface area (Å²) in [5.74, 6) is 0. The zero-order valence-corrected chi connectivity index (χ0v) is 35.2. The van der Waals surface area contributed by atoms with Crippen LogP contribution >= 0.6 is 0 Å². The average molecular weight is 627 g/mol. The van der Waals surface area contributed by atoms with Gasteiger partial charge in [0.15, 0.2) is 0 Å². The summed E-state index contributed by atoms with van der Waals surface area (Å²) in [6, 6.07) is 0. The van der Waals surface area contributed by atoms with Gasteiger partial charge in [-0.25, -0.2) is 0 Å². The Labute approximate surface area is 288 Å². The molecule has 1 fully saturated rings. The van der Waals surface area contributed by atoms with E-state index in [2.05, 4.69) is 189 Å². The van der Waals surface area contributed by atoms with Crippen LogP contribution in [-0.2, 0) is 0 Å². The molecule has 0 heterocycles. The fourth-order valence-corrected chi connectivity index (χ4v) is 7.70. The first-order chi connectivity index (χ1) is 19.8. The Kier molecular flexibility index (Phi) is 11.5. The summed E-state index contributed by atoms with van der Waals surface area (Å²) in [5, 5.41) is 0. The van der Waals surface area contributed by atoms with Crippen LogP contribution in [0.15, 0.2) is 79.7 Å². The molecule has 46 heavy (non-hydrogen) atoms. The minimum atomic E-state index is -0.0890. The van der Waals surface area contributed by atoms with E-state index in [-0.39, 0.29) is 43.3 Å². The smallest absolute Gasteiger partial charge is 0.0483 e. The summed E-state index contributed by atoms with van der Waals surface area (Å²) in [5.41, 5.74) is 25.8. The van der Waals surface area contributed by atoms with Gasteiger partial charge in [0.1, 0.15) is 0 Å². The summed E-state index contributed by atoms with van der Waals surface area (Å²) in [6.07, 6.45) is 0. The molecule has 0 nitrogen and oxygen atoms in total. The van der Waals surface area contributed by atoms with Crippen LogP contribution in [0.25, 0.3) is 0 Å². The van der Waals surface area contributed by atoms with E-state index in [0.717, 1.165) is 27.9 Å². The first-order valence-electron chi connectivity index (χ1n) is 17.6. The van der Waals surface area contributed by atoms with Crippen LogP contribution in [0.2, 0.25) is 0 Å². The van der Waals surface area contributed by atoms with Gasteiger partial charge in [-0.2, -0.15) is 0 Å². The Hall–Kier alpha value is -2.18. The lowest BCUT2D eigenvalue weighted by Crippen LogP contribution is -2.22. The fraction of sp³-hybridized carbons (Fsp3) is 0.696. The minimum absolute atomic E-state index is 0.0801. The predicted molar refractivity (Wildman–Crippen MR) is 207 cm³/mol. The minimum Gasteiger partial charge on any atom is -0.111 e. The summed E-state index contributed by atoms with van der Waals surface area (Å²) in [7, 11) is 0. The Morgan fingerprint density at radius 1 is 0.283 bits per heavy atom. The summed E-state index contributed by atoms with van der Waals surface area (Å²) in [6.45, 7) is 60.2. The molecule has 0 aromatic heterocycles. The zero-order chi connectivity index (χ0) is 37.0. The van der Waals surface area contributed by atoms with E-state index < -0.39 is 0 Å². The van der Waals surface area contributed by atoms with Crippen molar-refractivity contribution in [3.8, 4) is 0 Å². The maximum atomic E-state index is 4.85. The van der Waals surface area contributed by atoms with Gasteiger partial charge in [-0.05, 0) is 71.2 Å². The zero-order valence-electron chi connectivity index (χ0n) is 35.2. The van der Waals surface area contributed by atoms with Gasteiger partial charge in [-0.3, -0.25) is 0 Å². The molecule has 0 amide bonds. The Morgan fingerprint density at radius 3 is 0.543 bits per heavy atom. The van der Waals surface area contributed by atoms with Gasteiger partial charge in [0.2, 0.25) is 0 Å². The molecule has 0 aliphatic heterocycles. The van der Waals surface area contributed by atoms with Crippen molar-refractivity contribution in [2.75, 3.05) is 0 Å². The molecule has 0 N–H and O–H groups in total. The van der Waals surface area contributed by atoms with Crippen molar-refractivity contribution in [3.05, 3.63) is 79.7 Å². The second kappa shape index (κ2) is 12.7. The Bertz CT molecular complexity index is 1300. The molecule has 0 unspecified atom stereocenters. The highest BCUT2D eigenvalue weighted by atomic mass is 14.4. The van der Waals surface area contributed by atoms with Crippen LogP contribution in [-0.4, -0.2) is 0 Å². The molecule has 0 aromatic carbocycles. The van der Waals surface area contributed by atoms with Crippen molar-refractivity contribution in [2.45, 2.75) is 166 Å². The summed E-state index contributed by atoms with van der Waals surface area (Å²) in [4.78, 5) is 0. The van der Waals surface area contributed by atoms with Gasteiger partial charge in [-0.15, -0.1) is 22.9 Å². The van der Waals surface area contributed by atoms with E-state index in [0.29, 0.717) is 0 Å². The molecular formula is C46H74. The third kappa shape index (κ3) is 10.4. The quantitative estimate of drug-likeness (QED) is 0.235. The maximum Gasteiger partial charge on any atom is 0.0483 e. The molecule has 0 spiro atoms.